The van der Waals surface area contributed by atoms with Gasteiger partial charge in [0.15, 0.2) is 8.77 Å². The quantitative estimate of drug-likeness (QED) is 0.842. The lowest BCUT2D eigenvalue weighted by atomic mass is 10.1. The van der Waals surface area contributed by atoms with Crippen molar-refractivity contribution in [1.82, 2.24) is 0 Å². The van der Waals surface area contributed by atoms with Gasteiger partial charge in [0.1, 0.15) is 0 Å². The van der Waals surface area contributed by atoms with Gasteiger partial charge in [-0.15, -0.1) is 0 Å². The van der Waals surface area contributed by atoms with Crippen LogP contribution < -0.4 is 0 Å². The molecule has 1 unspecified atom stereocenters. The minimum absolute atomic E-state index is 0.231. The van der Waals surface area contributed by atoms with E-state index in [-0.39, 0.29) is 6.61 Å². The molecule has 0 saturated carbocycles. The van der Waals surface area contributed by atoms with E-state index >= 15 is 0 Å². The molecule has 0 aromatic heterocycles. The van der Waals surface area contributed by atoms with Crippen LogP contribution in [0.15, 0.2) is 66.1 Å². The van der Waals surface area contributed by atoms with Crippen LogP contribution in [0.5, 0.6) is 0 Å². The average Bonchev–Trinajstić information content (AvgIpc) is 2.47. The highest BCUT2D eigenvalue weighted by atomic mass is 32.8. The van der Waals surface area contributed by atoms with Crippen molar-refractivity contribution in [1.29, 1.82) is 0 Å². The summed E-state index contributed by atoms with van der Waals surface area (Å²) in [6, 6.07) is 16.6. The summed E-state index contributed by atoms with van der Waals surface area (Å²) in [5.74, 6) is 0. The molecule has 0 heterocycles. The van der Waals surface area contributed by atoms with Gasteiger partial charge in [-0.05, 0) is 23.3 Å². The summed E-state index contributed by atoms with van der Waals surface area (Å²) < 4.78 is 17.7. The van der Waals surface area contributed by atoms with Crippen molar-refractivity contribution in [3.63, 3.8) is 0 Å². The molecule has 19 heavy (non-hydrogen) atoms. The van der Waals surface area contributed by atoms with Gasteiger partial charge in [0.25, 0.3) is 0 Å². The smallest absolute Gasteiger partial charge is 0.173 e. The molecule has 0 saturated heterocycles. The van der Waals surface area contributed by atoms with Gasteiger partial charge in [-0.25, -0.2) is 4.21 Å². The van der Waals surface area contributed by atoms with Gasteiger partial charge in [0.2, 0.25) is 0 Å². The number of hydrogen-bond donors (Lipinski definition) is 0. The van der Waals surface area contributed by atoms with Gasteiger partial charge >= 0.3 is 0 Å². The molecule has 1 atom stereocenters. The highest BCUT2D eigenvalue weighted by molar-refractivity contribution is 8.30. The van der Waals surface area contributed by atoms with E-state index in [9.17, 15) is 4.21 Å². The van der Waals surface area contributed by atoms with Crippen molar-refractivity contribution < 1.29 is 8.39 Å². The molecule has 0 N–H and O–H groups in total. The maximum Gasteiger partial charge on any atom is 0.173 e. The second kappa shape index (κ2) is 6.10. The van der Waals surface area contributed by atoms with E-state index < -0.39 is 8.77 Å². The molecule has 0 amide bonds. The standard InChI is InChI=1S/C15H14O2S2/c1-2-13-8-10-14(11-9-13)12-17-19(16,18)15-6-4-3-5-7-15/h2-11H,1,12H2. The minimum Gasteiger partial charge on any atom is -0.282 e. The second-order valence-corrected chi connectivity index (χ2v) is 6.91. The van der Waals surface area contributed by atoms with Crippen molar-refractivity contribution in [3.8, 4) is 0 Å². The fourth-order valence-electron chi connectivity index (χ4n) is 1.55. The summed E-state index contributed by atoms with van der Waals surface area (Å²) in [5.41, 5.74) is 1.96. The Bertz CT molecular complexity index is 644. The van der Waals surface area contributed by atoms with E-state index in [1.165, 1.54) is 0 Å². The van der Waals surface area contributed by atoms with Gasteiger partial charge in [-0.3, -0.25) is 4.18 Å². The zero-order chi connectivity index (χ0) is 13.7. The lowest BCUT2D eigenvalue weighted by Crippen LogP contribution is -2.04. The third-order valence-electron chi connectivity index (χ3n) is 2.63. The van der Waals surface area contributed by atoms with E-state index in [1.807, 2.05) is 30.3 Å². The molecule has 0 bridgehead atoms. The molecule has 4 heteroatoms. The monoisotopic (exact) mass is 290 g/mol. The summed E-state index contributed by atoms with van der Waals surface area (Å²) in [6.07, 6.45) is 1.77. The number of rotatable bonds is 5. The highest BCUT2D eigenvalue weighted by Gasteiger charge is 2.10. The van der Waals surface area contributed by atoms with Gasteiger partial charge in [-0.1, -0.05) is 55.1 Å². The lowest BCUT2D eigenvalue weighted by Gasteiger charge is -2.08. The Labute approximate surface area is 118 Å². The van der Waals surface area contributed by atoms with E-state index in [1.54, 1.807) is 30.3 Å². The summed E-state index contributed by atoms with van der Waals surface area (Å²) in [6.45, 7) is 3.92. The summed E-state index contributed by atoms with van der Waals surface area (Å²) in [5, 5.41) is 0. The fourth-order valence-corrected chi connectivity index (χ4v) is 2.95. The predicted octanol–water partition coefficient (Wildman–Crippen LogP) is 3.57. The van der Waals surface area contributed by atoms with E-state index in [0.29, 0.717) is 4.90 Å². The first kappa shape index (κ1) is 13.9. The van der Waals surface area contributed by atoms with Crippen LogP contribution in [0, 0.1) is 0 Å². The van der Waals surface area contributed by atoms with Gasteiger partial charge in [0.05, 0.1) is 11.5 Å². The van der Waals surface area contributed by atoms with Crippen LogP contribution in [0.4, 0.5) is 0 Å². The third kappa shape index (κ3) is 3.73. The first-order valence-electron chi connectivity index (χ1n) is 5.78. The lowest BCUT2D eigenvalue weighted by molar-refractivity contribution is 0.335. The topological polar surface area (TPSA) is 26.3 Å². The Morgan fingerprint density at radius 1 is 1.11 bits per heavy atom. The van der Waals surface area contributed by atoms with Crippen LogP contribution in [0.25, 0.3) is 6.08 Å². The normalized spacial score (nSPS) is 13.7. The second-order valence-electron chi connectivity index (χ2n) is 3.98. The average molecular weight is 290 g/mol. The minimum atomic E-state index is -2.86. The number of hydrogen-bond acceptors (Lipinski definition) is 3. The third-order valence-corrected chi connectivity index (χ3v) is 4.77. The van der Waals surface area contributed by atoms with Crippen molar-refractivity contribution in [2.75, 3.05) is 0 Å². The van der Waals surface area contributed by atoms with Gasteiger partial charge in [0, 0.05) is 11.2 Å². The SMILES string of the molecule is C=Cc1ccc(COS(=O)(=S)c2ccccc2)cc1. The molecule has 2 rings (SSSR count). The Balaban J connectivity index is 2.07. The van der Waals surface area contributed by atoms with E-state index in [2.05, 4.69) is 6.58 Å². The molecular formula is C15H14O2S2. The van der Waals surface area contributed by atoms with Crippen LogP contribution in [-0.4, -0.2) is 4.21 Å². The molecule has 0 aliphatic rings. The van der Waals surface area contributed by atoms with Crippen molar-refractivity contribution in [3.05, 3.63) is 72.3 Å². The molecule has 0 radical (unpaired) electrons. The van der Waals surface area contributed by atoms with E-state index in [4.69, 9.17) is 15.4 Å². The molecule has 2 aromatic carbocycles. The Morgan fingerprint density at radius 3 is 2.32 bits per heavy atom. The Kier molecular flexibility index (Phi) is 4.47. The molecule has 98 valence electrons. The zero-order valence-electron chi connectivity index (χ0n) is 10.3. The number of benzene rings is 2. The van der Waals surface area contributed by atoms with Crippen molar-refractivity contribution >= 4 is 26.0 Å². The molecular weight excluding hydrogens is 276 g/mol. The van der Waals surface area contributed by atoms with Crippen LogP contribution in [-0.2, 0) is 30.8 Å². The largest absolute Gasteiger partial charge is 0.282 e. The van der Waals surface area contributed by atoms with Crippen molar-refractivity contribution in [2.45, 2.75) is 11.5 Å². The first-order chi connectivity index (χ1) is 9.12. The molecule has 0 spiro atoms. The van der Waals surface area contributed by atoms with Crippen LogP contribution in [0.3, 0.4) is 0 Å². The molecule has 2 nitrogen and oxygen atoms in total. The first-order valence-corrected chi connectivity index (χ1v) is 8.18. The summed E-state index contributed by atoms with van der Waals surface area (Å²) >= 11 is 5.05. The van der Waals surface area contributed by atoms with Gasteiger partial charge in [-0.2, -0.15) is 0 Å². The van der Waals surface area contributed by atoms with Crippen molar-refractivity contribution in [2.24, 2.45) is 0 Å². The van der Waals surface area contributed by atoms with Gasteiger partial charge < -0.3 is 0 Å². The summed E-state index contributed by atoms with van der Waals surface area (Å²) in [7, 11) is -2.86. The molecule has 0 fully saturated rings. The molecule has 2 aromatic rings. The maximum atomic E-state index is 12.3. The Hall–Kier alpha value is -1.49. The predicted molar refractivity (Wildman–Crippen MR) is 81.5 cm³/mol. The molecule has 0 aliphatic heterocycles. The Morgan fingerprint density at radius 2 is 1.74 bits per heavy atom. The molecule has 0 aliphatic carbocycles. The maximum absolute atomic E-state index is 12.3. The highest BCUT2D eigenvalue weighted by Crippen LogP contribution is 2.15. The van der Waals surface area contributed by atoms with Crippen LogP contribution in [0.2, 0.25) is 0 Å². The van der Waals surface area contributed by atoms with E-state index in [0.717, 1.165) is 11.1 Å². The summed E-state index contributed by atoms with van der Waals surface area (Å²) in [4.78, 5) is 0.535. The fraction of sp³-hybridized carbons (Fsp3) is 0.0667. The zero-order valence-corrected chi connectivity index (χ0v) is 12.0. The van der Waals surface area contributed by atoms with Crippen LogP contribution in [0.1, 0.15) is 11.1 Å². The van der Waals surface area contributed by atoms with Crippen LogP contribution >= 0.6 is 0 Å².